The van der Waals surface area contributed by atoms with Crippen molar-refractivity contribution in [3.05, 3.63) is 24.3 Å². The summed E-state index contributed by atoms with van der Waals surface area (Å²) >= 11 is 0. The van der Waals surface area contributed by atoms with E-state index in [2.05, 4.69) is 31.2 Å². The summed E-state index contributed by atoms with van der Waals surface area (Å²) in [7, 11) is 0.950. The molecule has 5 nitrogen and oxygen atoms in total. The highest BCUT2D eigenvalue weighted by atomic mass is 31.2. The first-order valence-electron chi connectivity index (χ1n) is 13.4. The number of quaternary nitrogens is 1. The molecular weight excluding hydrogens is 433 g/mol. The fourth-order valence-electron chi connectivity index (χ4n) is 4.14. The maximum absolute atomic E-state index is 11.8. The molecule has 0 aromatic heterocycles. The lowest BCUT2D eigenvalue weighted by atomic mass is 10.1. The van der Waals surface area contributed by atoms with E-state index < -0.39 is 12.9 Å². The summed E-state index contributed by atoms with van der Waals surface area (Å²) in [4.78, 5) is 19.2. The Balaban J connectivity index is 3.65. The van der Waals surface area contributed by atoms with Crippen LogP contribution in [0.15, 0.2) is 24.3 Å². The van der Waals surface area contributed by atoms with Crippen molar-refractivity contribution in [3.8, 4) is 0 Å². The third-order valence-electron chi connectivity index (χ3n) is 6.02. The van der Waals surface area contributed by atoms with E-state index in [-0.39, 0.29) is 13.0 Å². The van der Waals surface area contributed by atoms with E-state index in [1.165, 1.54) is 64.2 Å². The lowest BCUT2D eigenvalue weighted by Gasteiger charge is -2.35. The van der Waals surface area contributed by atoms with Gasteiger partial charge in [-0.25, -0.2) is 0 Å². The molecule has 0 rings (SSSR count). The van der Waals surface area contributed by atoms with Gasteiger partial charge in [-0.05, 0) is 64.2 Å². The Morgan fingerprint density at radius 3 is 1.39 bits per heavy atom. The Morgan fingerprint density at radius 2 is 1.03 bits per heavy atom. The Morgan fingerprint density at radius 1 is 0.667 bits per heavy atom. The largest absolute Gasteiger partial charge is 0.373 e. The number of allylic oxidation sites excluding steroid dienone is 4. The molecular formula is C27H55NO4P+. The SMILES string of the molecule is CCCCCCC/C=C\CCCCC/C=C\CCCCCCC(O)(C[N+](C)(C)C)P(=O)(O)O. The van der Waals surface area contributed by atoms with E-state index in [4.69, 9.17) is 0 Å². The Kier molecular flexibility index (Phi) is 18.6. The lowest BCUT2D eigenvalue weighted by Crippen LogP contribution is -2.49. The third-order valence-corrected chi connectivity index (χ3v) is 7.47. The van der Waals surface area contributed by atoms with E-state index in [1.807, 2.05) is 21.1 Å². The van der Waals surface area contributed by atoms with Gasteiger partial charge in [0.15, 0.2) is 0 Å². The molecule has 0 aliphatic heterocycles. The minimum absolute atomic E-state index is 0.0510. The van der Waals surface area contributed by atoms with Gasteiger partial charge in [0.05, 0.1) is 21.1 Å². The van der Waals surface area contributed by atoms with Crippen molar-refractivity contribution < 1.29 is 23.9 Å². The van der Waals surface area contributed by atoms with Crippen molar-refractivity contribution in [3.63, 3.8) is 0 Å². The van der Waals surface area contributed by atoms with Gasteiger partial charge in [-0.1, -0.05) is 76.2 Å². The maximum atomic E-state index is 11.8. The van der Waals surface area contributed by atoms with E-state index in [0.717, 1.165) is 32.1 Å². The summed E-state index contributed by atoms with van der Waals surface area (Å²) in [6, 6.07) is 0. The molecule has 0 spiro atoms. The minimum Gasteiger partial charge on any atom is -0.373 e. The van der Waals surface area contributed by atoms with Crippen LogP contribution in [0, 0.1) is 0 Å². The highest BCUT2D eigenvalue weighted by Crippen LogP contribution is 2.52. The van der Waals surface area contributed by atoms with Crippen LogP contribution in [0.5, 0.6) is 0 Å². The van der Waals surface area contributed by atoms with Gasteiger partial charge in [0.25, 0.3) is 0 Å². The predicted octanol–water partition coefficient (Wildman–Crippen LogP) is 7.32. The Hall–Kier alpha value is -0.450. The molecule has 0 radical (unpaired) electrons. The average molecular weight is 489 g/mol. The van der Waals surface area contributed by atoms with Gasteiger partial charge in [-0.3, -0.25) is 4.57 Å². The summed E-state index contributed by atoms with van der Waals surface area (Å²) in [6.45, 7) is 2.31. The van der Waals surface area contributed by atoms with Gasteiger partial charge in [0.1, 0.15) is 6.54 Å². The Bertz CT molecular complexity index is 565. The summed E-state index contributed by atoms with van der Waals surface area (Å²) in [5.41, 5.74) is 0. The van der Waals surface area contributed by atoms with Gasteiger partial charge in [-0.2, -0.15) is 0 Å². The van der Waals surface area contributed by atoms with Crippen LogP contribution >= 0.6 is 7.60 Å². The van der Waals surface area contributed by atoms with Crippen LogP contribution in [0.4, 0.5) is 0 Å². The Labute approximate surface area is 205 Å². The van der Waals surface area contributed by atoms with Crippen LogP contribution in [0.1, 0.15) is 116 Å². The standard InChI is InChI=1S/C27H54NO4P/c1-5-6-7-8-9-10-11-12-13-14-15-16-17-18-19-20-21-22-23-24-25-27(29,33(30,31)32)26-28(2,3)4/h11-12,18-19,29H,5-10,13-17,20-26H2,1-4H3,(H-,30,31,32)/p+1/b12-11-,19-18-. The quantitative estimate of drug-likeness (QED) is 0.0645. The molecule has 0 aromatic carbocycles. The zero-order valence-corrected chi connectivity index (χ0v) is 23.1. The van der Waals surface area contributed by atoms with E-state index in [9.17, 15) is 19.5 Å². The summed E-state index contributed by atoms with van der Waals surface area (Å²) in [5, 5.41) is 8.62. The van der Waals surface area contributed by atoms with Crippen molar-refractivity contribution in [2.45, 2.75) is 121 Å². The molecule has 3 N–H and O–H groups in total. The summed E-state index contributed by atoms with van der Waals surface area (Å²) < 4.78 is 12.1. The number of likely N-dealkylation sites (N-methyl/N-ethyl adjacent to an activating group) is 1. The summed E-state index contributed by atoms with van der Waals surface area (Å²) in [6.07, 6.45) is 28.4. The number of nitrogens with zero attached hydrogens (tertiary/aromatic N) is 1. The zero-order valence-electron chi connectivity index (χ0n) is 22.2. The predicted molar refractivity (Wildman–Crippen MR) is 142 cm³/mol. The second-order valence-corrected chi connectivity index (χ2v) is 12.6. The molecule has 0 fully saturated rings. The molecule has 6 heteroatoms. The first-order chi connectivity index (χ1) is 15.5. The molecule has 0 aromatic rings. The number of aliphatic hydroxyl groups is 1. The van der Waals surface area contributed by atoms with E-state index >= 15 is 0 Å². The van der Waals surface area contributed by atoms with Crippen LogP contribution < -0.4 is 0 Å². The first-order valence-corrected chi connectivity index (χ1v) is 15.0. The second-order valence-electron chi connectivity index (χ2n) is 10.7. The minimum atomic E-state index is -4.55. The number of unbranched alkanes of at least 4 members (excludes halogenated alkanes) is 13. The van der Waals surface area contributed by atoms with Crippen LogP contribution in [0.2, 0.25) is 0 Å². The number of rotatable bonds is 22. The molecule has 0 bridgehead atoms. The molecule has 1 unspecified atom stereocenters. The normalized spacial score (nSPS) is 15.0. The smallest absolute Gasteiger partial charge is 0.362 e. The average Bonchev–Trinajstić information content (AvgIpc) is 2.70. The van der Waals surface area contributed by atoms with Crippen LogP contribution in [0.3, 0.4) is 0 Å². The maximum Gasteiger partial charge on any atom is 0.362 e. The van der Waals surface area contributed by atoms with Crippen molar-refractivity contribution in [2.75, 3.05) is 27.7 Å². The molecule has 0 saturated heterocycles. The molecule has 0 saturated carbocycles. The van der Waals surface area contributed by atoms with Crippen LogP contribution in [-0.2, 0) is 4.57 Å². The fourth-order valence-corrected chi connectivity index (χ4v) is 5.20. The zero-order chi connectivity index (χ0) is 25.1. The van der Waals surface area contributed by atoms with Gasteiger partial charge >= 0.3 is 7.60 Å². The third kappa shape index (κ3) is 19.5. The summed E-state index contributed by atoms with van der Waals surface area (Å²) in [5.74, 6) is 0. The molecule has 0 aliphatic carbocycles. The molecule has 0 aliphatic rings. The van der Waals surface area contributed by atoms with Crippen molar-refractivity contribution in [2.24, 2.45) is 0 Å². The monoisotopic (exact) mass is 488 g/mol. The fraction of sp³-hybridized carbons (Fsp3) is 0.852. The molecule has 0 heterocycles. The van der Waals surface area contributed by atoms with Crippen molar-refractivity contribution >= 4 is 7.60 Å². The van der Waals surface area contributed by atoms with E-state index in [1.54, 1.807) is 0 Å². The van der Waals surface area contributed by atoms with Gasteiger partial charge in [-0.15, -0.1) is 0 Å². The van der Waals surface area contributed by atoms with Crippen molar-refractivity contribution in [1.29, 1.82) is 0 Å². The number of hydrogen-bond acceptors (Lipinski definition) is 2. The molecule has 33 heavy (non-hydrogen) atoms. The number of hydrogen-bond donors (Lipinski definition) is 3. The van der Waals surface area contributed by atoms with Gasteiger partial charge in [0.2, 0.25) is 5.34 Å². The van der Waals surface area contributed by atoms with Crippen LogP contribution in [-0.4, -0.2) is 52.4 Å². The molecule has 0 amide bonds. The van der Waals surface area contributed by atoms with Gasteiger partial charge < -0.3 is 19.4 Å². The molecule has 1 atom stereocenters. The highest BCUT2D eigenvalue weighted by Gasteiger charge is 2.48. The van der Waals surface area contributed by atoms with Gasteiger partial charge in [0, 0.05) is 0 Å². The second kappa shape index (κ2) is 18.8. The van der Waals surface area contributed by atoms with Crippen molar-refractivity contribution in [1.82, 2.24) is 0 Å². The lowest BCUT2D eigenvalue weighted by molar-refractivity contribution is -0.875. The first kappa shape index (κ1) is 32.5. The van der Waals surface area contributed by atoms with Crippen LogP contribution in [0.25, 0.3) is 0 Å². The van der Waals surface area contributed by atoms with E-state index in [0.29, 0.717) is 10.9 Å². The highest BCUT2D eigenvalue weighted by molar-refractivity contribution is 7.53. The molecule has 196 valence electrons. The topological polar surface area (TPSA) is 77.8 Å².